The van der Waals surface area contributed by atoms with Gasteiger partial charge in [0.2, 0.25) is 21.8 Å². The van der Waals surface area contributed by atoms with E-state index in [9.17, 15) is 18.0 Å². The third-order valence-corrected chi connectivity index (χ3v) is 9.09. The Morgan fingerprint density at radius 1 is 0.970 bits per heavy atom. The first kappa shape index (κ1) is 22.1. The second-order valence-corrected chi connectivity index (χ2v) is 11.0. The fourth-order valence-electron chi connectivity index (χ4n) is 5.25. The second kappa shape index (κ2) is 8.57. The summed E-state index contributed by atoms with van der Waals surface area (Å²) in [5.74, 6) is -0.233. The average Bonchev–Trinajstić information content (AvgIpc) is 3.25. The molecule has 0 unspecified atom stereocenters. The lowest BCUT2D eigenvalue weighted by Crippen LogP contribution is -2.44. The molecule has 1 saturated heterocycles. The molecule has 0 aliphatic carbocycles. The van der Waals surface area contributed by atoms with E-state index in [0.717, 1.165) is 42.5 Å². The summed E-state index contributed by atoms with van der Waals surface area (Å²) >= 11 is 0. The highest BCUT2D eigenvalue weighted by Crippen LogP contribution is 2.33. The zero-order valence-electron chi connectivity index (χ0n) is 18.9. The summed E-state index contributed by atoms with van der Waals surface area (Å²) in [4.78, 5) is 29.4. The number of fused-ring (bicyclic) bond motifs is 2. The smallest absolute Gasteiger partial charge is 0.247 e. The van der Waals surface area contributed by atoms with Gasteiger partial charge in [0, 0.05) is 36.9 Å². The van der Waals surface area contributed by atoms with Crippen LogP contribution >= 0.6 is 0 Å². The van der Waals surface area contributed by atoms with Gasteiger partial charge in [-0.05, 0) is 68.0 Å². The van der Waals surface area contributed by atoms with Crippen molar-refractivity contribution in [1.29, 1.82) is 0 Å². The van der Waals surface area contributed by atoms with Crippen LogP contribution in [0.15, 0.2) is 47.4 Å². The molecule has 0 N–H and O–H groups in total. The molecule has 0 saturated carbocycles. The van der Waals surface area contributed by atoms with Gasteiger partial charge in [0.15, 0.2) is 0 Å². The number of carbonyl (C=O) groups excluding carboxylic acids is 2. The predicted molar refractivity (Wildman–Crippen MR) is 127 cm³/mol. The minimum atomic E-state index is -3.59. The zero-order chi connectivity index (χ0) is 23.2. The lowest BCUT2D eigenvalue weighted by molar-refractivity contribution is -0.122. The summed E-state index contributed by atoms with van der Waals surface area (Å²) in [6, 6.07) is 12.8. The molecule has 3 heterocycles. The number of nitrogens with zero attached hydrogens (tertiary/aromatic N) is 3. The summed E-state index contributed by atoms with van der Waals surface area (Å²) in [7, 11) is -3.59. The third-order valence-electron chi connectivity index (χ3n) is 7.08. The highest BCUT2D eigenvalue weighted by molar-refractivity contribution is 7.89. The summed E-state index contributed by atoms with van der Waals surface area (Å²) in [6.45, 7) is 3.06. The number of anilines is 2. The first-order chi connectivity index (χ1) is 15.9. The predicted octanol–water partition coefficient (Wildman–Crippen LogP) is 3.12. The van der Waals surface area contributed by atoms with E-state index in [2.05, 4.69) is 0 Å². The standard InChI is InChI=1S/C25H29N3O4S/c1-18-6-4-5-14-28(18)33(31,32)21-10-11-23-20(16-21)9-12-24(29)27(23)17-25(30)26-15-13-19-7-2-3-8-22(19)26/h2-3,7-8,10-11,16,18H,4-6,9,12-15,17H2,1H3/t18-/m1/s1. The Kier molecular flexibility index (Phi) is 5.74. The van der Waals surface area contributed by atoms with Crippen LogP contribution in [0.1, 0.15) is 43.7 Å². The van der Waals surface area contributed by atoms with Crippen LogP contribution in [0, 0.1) is 0 Å². The normalized spacial score (nSPS) is 21.1. The van der Waals surface area contributed by atoms with Crippen LogP contribution in [0.5, 0.6) is 0 Å². The maximum atomic E-state index is 13.3. The lowest BCUT2D eigenvalue weighted by Gasteiger charge is -2.33. The first-order valence-corrected chi connectivity index (χ1v) is 13.1. The van der Waals surface area contributed by atoms with Crippen LogP contribution in [0.25, 0.3) is 0 Å². The molecule has 1 fully saturated rings. The number of piperidine rings is 1. The molecule has 5 rings (SSSR count). The van der Waals surface area contributed by atoms with Crippen LogP contribution < -0.4 is 9.80 Å². The largest absolute Gasteiger partial charge is 0.310 e. The SMILES string of the molecule is C[C@@H]1CCCCN1S(=O)(=O)c1ccc2c(c1)CCC(=O)N2CC(=O)N1CCc2ccccc21. The molecule has 2 amide bonds. The number of rotatable bonds is 4. The number of aryl methyl sites for hydroxylation is 1. The molecule has 1 atom stereocenters. The van der Waals surface area contributed by atoms with E-state index in [1.807, 2.05) is 31.2 Å². The van der Waals surface area contributed by atoms with E-state index in [0.29, 0.717) is 25.2 Å². The van der Waals surface area contributed by atoms with Gasteiger partial charge in [-0.3, -0.25) is 9.59 Å². The molecule has 0 radical (unpaired) electrons. The van der Waals surface area contributed by atoms with Gasteiger partial charge in [-0.1, -0.05) is 24.6 Å². The van der Waals surface area contributed by atoms with E-state index in [-0.39, 0.29) is 35.7 Å². The minimum Gasteiger partial charge on any atom is -0.310 e. The molecule has 0 bridgehead atoms. The molecule has 33 heavy (non-hydrogen) atoms. The van der Waals surface area contributed by atoms with E-state index in [4.69, 9.17) is 0 Å². The Hall–Kier alpha value is -2.71. The average molecular weight is 468 g/mol. The molecule has 7 nitrogen and oxygen atoms in total. The van der Waals surface area contributed by atoms with Crippen LogP contribution in [0.2, 0.25) is 0 Å². The Morgan fingerprint density at radius 3 is 2.61 bits per heavy atom. The number of carbonyl (C=O) groups is 2. The van der Waals surface area contributed by atoms with Gasteiger partial charge in [-0.2, -0.15) is 4.31 Å². The number of benzene rings is 2. The monoisotopic (exact) mass is 467 g/mol. The Morgan fingerprint density at radius 2 is 1.79 bits per heavy atom. The van der Waals surface area contributed by atoms with Crippen molar-refractivity contribution in [3.05, 3.63) is 53.6 Å². The summed E-state index contributed by atoms with van der Waals surface area (Å²) in [5.41, 5.74) is 3.48. The topological polar surface area (TPSA) is 78.0 Å². The summed E-state index contributed by atoms with van der Waals surface area (Å²) < 4.78 is 28.2. The van der Waals surface area contributed by atoms with E-state index in [1.165, 1.54) is 4.90 Å². The third kappa shape index (κ3) is 3.95. The highest BCUT2D eigenvalue weighted by atomic mass is 32.2. The maximum absolute atomic E-state index is 13.3. The van der Waals surface area contributed by atoms with Gasteiger partial charge < -0.3 is 9.80 Å². The molecule has 0 aromatic heterocycles. The maximum Gasteiger partial charge on any atom is 0.247 e. The fraction of sp³-hybridized carbons (Fsp3) is 0.440. The van der Waals surface area contributed by atoms with E-state index >= 15 is 0 Å². The van der Waals surface area contributed by atoms with Crippen LogP contribution in [0.4, 0.5) is 11.4 Å². The number of amides is 2. The molecular formula is C25H29N3O4S. The van der Waals surface area contributed by atoms with Crippen molar-refractivity contribution in [2.75, 3.05) is 29.4 Å². The van der Waals surface area contributed by atoms with Crippen molar-refractivity contribution in [2.45, 2.75) is 56.4 Å². The Balaban J connectivity index is 1.40. The van der Waals surface area contributed by atoms with Crippen molar-refractivity contribution in [3.63, 3.8) is 0 Å². The minimum absolute atomic E-state index is 0.0150. The van der Waals surface area contributed by atoms with Crippen molar-refractivity contribution in [3.8, 4) is 0 Å². The number of para-hydroxylation sites is 1. The van der Waals surface area contributed by atoms with Crippen molar-refractivity contribution in [1.82, 2.24) is 4.31 Å². The van der Waals surface area contributed by atoms with E-state index in [1.54, 1.807) is 27.4 Å². The van der Waals surface area contributed by atoms with Crippen LogP contribution in [-0.4, -0.2) is 50.2 Å². The summed E-state index contributed by atoms with van der Waals surface area (Å²) in [5, 5.41) is 0. The molecule has 174 valence electrons. The van der Waals surface area contributed by atoms with Gasteiger partial charge >= 0.3 is 0 Å². The van der Waals surface area contributed by atoms with Gasteiger partial charge in [-0.15, -0.1) is 0 Å². The molecule has 0 spiro atoms. The summed E-state index contributed by atoms with van der Waals surface area (Å²) in [6.07, 6.45) is 4.34. The zero-order valence-corrected chi connectivity index (χ0v) is 19.7. The molecule has 2 aromatic carbocycles. The highest BCUT2D eigenvalue weighted by Gasteiger charge is 2.34. The van der Waals surface area contributed by atoms with Crippen LogP contribution in [0.3, 0.4) is 0 Å². The quantitative estimate of drug-likeness (QED) is 0.692. The number of hydrogen-bond acceptors (Lipinski definition) is 4. The van der Waals surface area contributed by atoms with Gasteiger partial charge in [0.1, 0.15) is 6.54 Å². The Bertz CT molecular complexity index is 1210. The van der Waals surface area contributed by atoms with Crippen molar-refractivity contribution < 1.29 is 18.0 Å². The van der Waals surface area contributed by atoms with E-state index < -0.39 is 10.0 Å². The second-order valence-electron chi connectivity index (χ2n) is 9.16. The van der Waals surface area contributed by atoms with Crippen molar-refractivity contribution in [2.24, 2.45) is 0 Å². The lowest BCUT2D eigenvalue weighted by atomic mass is 10.0. The number of sulfonamides is 1. The molecular weight excluding hydrogens is 438 g/mol. The molecule has 3 aliphatic heterocycles. The van der Waals surface area contributed by atoms with Gasteiger partial charge in [0.25, 0.3) is 0 Å². The Labute approximate surface area is 195 Å². The van der Waals surface area contributed by atoms with Gasteiger partial charge in [0.05, 0.1) is 4.90 Å². The van der Waals surface area contributed by atoms with Crippen LogP contribution in [-0.2, 0) is 32.5 Å². The first-order valence-electron chi connectivity index (χ1n) is 11.7. The molecule has 8 heteroatoms. The molecule has 2 aromatic rings. The van der Waals surface area contributed by atoms with Crippen molar-refractivity contribution >= 4 is 33.2 Å². The molecule has 3 aliphatic rings. The van der Waals surface area contributed by atoms with Gasteiger partial charge in [-0.25, -0.2) is 8.42 Å². The fourth-order valence-corrected chi connectivity index (χ4v) is 7.00. The number of hydrogen-bond donors (Lipinski definition) is 0.